The highest BCUT2D eigenvalue weighted by atomic mass is 35.5. The van der Waals surface area contributed by atoms with Crippen LogP contribution >= 0.6 is 11.6 Å². The second-order valence-electron chi connectivity index (χ2n) is 4.79. The highest BCUT2D eigenvalue weighted by Gasteiger charge is 2.20. The molecule has 0 aromatic heterocycles. The van der Waals surface area contributed by atoms with Crippen molar-refractivity contribution in [1.82, 2.24) is 4.90 Å². The van der Waals surface area contributed by atoms with Gasteiger partial charge in [0, 0.05) is 12.2 Å². The third-order valence-corrected chi connectivity index (χ3v) is 2.76. The van der Waals surface area contributed by atoms with Gasteiger partial charge in [0.15, 0.2) is 0 Å². The van der Waals surface area contributed by atoms with Crippen molar-refractivity contribution in [3.63, 3.8) is 0 Å². The normalized spacial score (nSPS) is 10.5. The third kappa shape index (κ3) is 4.44. The lowest BCUT2D eigenvalue weighted by molar-refractivity contribution is -0.118. The molecule has 0 radical (unpaired) electrons. The quantitative estimate of drug-likeness (QED) is 0.803. The third-order valence-electron chi connectivity index (χ3n) is 2.44. The molecule has 19 heavy (non-hydrogen) atoms. The van der Waals surface area contributed by atoms with Crippen LogP contribution in [0.25, 0.3) is 0 Å². The van der Waals surface area contributed by atoms with E-state index in [2.05, 4.69) is 0 Å². The van der Waals surface area contributed by atoms with E-state index in [0.29, 0.717) is 17.8 Å². The van der Waals surface area contributed by atoms with E-state index < -0.39 is 5.91 Å². The number of benzene rings is 1. The Bertz CT molecular complexity index is 489. The van der Waals surface area contributed by atoms with Gasteiger partial charge in [-0.3, -0.25) is 9.59 Å². The molecule has 0 spiro atoms. The number of nitrogens with two attached hydrogens (primary N) is 2. The summed E-state index contributed by atoms with van der Waals surface area (Å²) in [6.45, 7) is 4.21. The summed E-state index contributed by atoms with van der Waals surface area (Å²) < 4.78 is 0. The molecule has 2 amide bonds. The Morgan fingerprint density at radius 2 is 2.00 bits per heavy atom. The topological polar surface area (TPSA) is 89.4 Å². The van der Waals surface area contributed by atoms with Gasteiger partial charge in [-0.25, -0.2) is 0 Å². The van der Waals surface area contributed by atoms with Crippen LogP contribution in [0.4, 0.5) is 5.69 Å². The molecule has 5 nitrogen and oxygen atoms in total. The van der Waals surface area contributed by atoms with Gasteiger partial charge in [0.05, 0.1) is 17.1 Å². The number of anilines is 1. The zero-order valence-electron chi connectivity index (χ0n) is 11.0. The molecule has 0 aliphatic carbocycles. The maximum atomic E-state index is 12.3. The summed E-state index contributed by atoms with van der Waals surface area (Å²) in [5.74, 6) is -0.658. The van der Waals surface area contributed by atoms with E-state index in [1.165, 1.54) is 11.0 Å². The van der Waals surface area contributed by atoms with Crippen LogP contribution in [0.2, 0.25) is 5.02 Å². The first-order valence-corrected chi connectivity index (χ1v) is 6.31. The standard InChI is InChI=1S/C13H18ClN3O2/c1-8(2)6-17(7-12(16)18)13(19)10-4-3-9(15)5-11(10)14/h3-5,8H,6-7,15H2,1-2H3,(H2,16,18). The van der Waals surface area contributed by atoms with Crippen molar-refractivity contribution in [2.45, 2.75) is 13.8 Å². The number of nitrogens with zero attached hydrogens (tertiary/aromatic N) is 1. The van der Waals surface area contributed by atoms with Crippen LogP contribution in [0.5, 0.6) is 0 Å². The summed E-state index contributed by atoms with van der Waals surface area (Å²) in [5, 5.41) is 0.267. The van der Waals surface area contributed by atoms with E-state index >= 15 is 0 Å². The van der Waals surface area contributed by atoms with Crippen molar-refractivity contribution >= 4 is 29.1 Å². The lowest BCUT2D eigenvalue weighted by Crippen LogP contribution is -2.40. The summed E-state index contributed by atoms with van der Waals surface area (Å²) in [6.07, 6.45) is 0. The van der Waals surface area contributed by atoms with Gasteiger partial charge in [0.1, 0.15) is 0 Å². The summed E-state index contributed by atoms with van der Waals surface area (Å²) >= 11 is 6.00. The summed E-state index contributed by atoms with van der Waals surface area (Å²) in [6, 6.07) is 4.65. The molecule has 0 fully saturated rings. The molecule has 0 heterocycles. The van der Waals surface area contributed by atoms with E-state index in [1.807, 2.05) is 13.8 Å². The van der Waals surface area contributed by atoms with Crippen LogP contribution in [0.15, 0.2) is 18.2 Å². The molecule has 0 bridgehead atoms. The molecule has 0 saturated carbocycles. The molecule has 1 aromatic carbocycles. The Morgan fingerprint density at radius 1 is 1.37 bits per heavy atom. The molecule has 4 N–H and O–H groups in total. The van der Waals surface area contributed by atoms with Crippen LogP contribution in [-0.4, -0.2) is 29.8 Å². The molecular weight excluding hydrogens is 266 g/mol. The Morgan fingerprint density at radius 3 is 2.47 bits per heavy atom. The Hall–Kier alpha value is -1.75. The Balaban J connectivity index is 3.00. The minimum Gasteiger partial charge on any atom is -0.399 e. The van der Waals surface area contributed by atoms with E-state index in [-0.39, 0.29) is 23.4 Å². The second-order valence-corrected chi connectivity index (χ2v) is 5.19. The van der Waals surface area contributed by atoms with Crippen molar-refractivity contribution in [3.8, 4) is 0 Å². The van der Waals surface area contributed by atoms with Gasteiger partial charge in [-0.2, -0.15) is 0 Å². The van der Waals surface area contributed by atoms with E-state index in [1.54, 1.807) is 12.1 Å². The molecule has 0 saturated heterocycles. The van der Waals surface area contributed by atoms with Crippen LogP contribution < -0.4 is 11.5 Å². The number of primary amides is 1. The van der Waals surface area contributed by atoms with Crippen LogP contribution in [-0.2, 0) is 4.79 Å². The average molecular weight is 284 g/mol. The van der Waals surface area contributed by atoms with Crippen molar-refractivity contribution in [1.29, 1.82) is 0 Å². The van der Waals surface area contributed by atoms with E-state index in [9.17, 15) is 9.59 Å². The number of carbonyl (C=O) groups is 2. The number of carbonyl (C=O) groups excluding carboxylic acids is 2. The fourth-order valence-electron chi connectivity index (χ4n) is 1.72. The first-order valence-electron chi connectivity index (χ1n) is 5.94. The minimum absolute atomic E-state index is 0.127. The average Bonchev–Trinajstić information content (AvgIpc) is 2.26. The molecule has 104 valence electrons. The number of amides is 2. The molecule has 0 aliphatic rings. The SMILES string of the molecule is CC(C)CN(CC(N)=O)C(=O)c1ccc(N)cc1Cl. The predicted octanol–water partition coefficient (Wildman–Crippen LogP) is 1.51. The fraction of sp³-hybridized carbons (Fsp3) is 0.385. The molecule has 1 aromatic rings. The monoisotopic (exact) mass is 283 g/mol. The maximum absolute atomic E-state index is 12.3. The van der Waals surface area contributed by atoms with Crippen molar-refractivity contribution < 1.29 is 9.59 Å². The molecular formula is C13H18ClN3O2. The molecule has 0 aliphatic heterocycles. The van der Waals surface area contributed by atoms with Crippen LogP contribution in [0.1, 0.15) is 24.2 Å². The first-order chi connectivity index (χ1) is 8.81. The lowest BCUT2D eigenvalue weighted by atomic mass is 10.1. The molecule has 0 atom stereocenters. The van der Waals surface area contributed by atoms with Crippen molar-refractivity contribution in [2.75, 3.05) is 18.8 Å². The number of hydrogen-bond acceptors (Lipinski definition) is 3. The Kier molecular flexibility index (Phi) is 5.18. The van der Waals surface area contributed by atoms with Gasteiger partial charge in [0.25, 0.3) is 5.91 Å². The van der Waals surface area contributed by atoms with Gasteiger partial charge in [-0.1, -0.05) is 25.4 Å². The number of halogens is 1. The first kappa shape index (κ1) is 15.3. The summed E-state index contributed by atoms with van der Waals surface area (Å²) in [4.78, 5) is 24.8. The zero-order valence-corrected chi connectivity index (χ0v) is 11.8. The number of rotatable bonds is 5. The smallest absolute Gasteiger partial charge is 0.255 e. The lowest BCUT2D eigenvalue weighted by Gasteiger charge is -2.23. The van der Waals surface area contributed by atoms with Gasteiger partial charge in [0.2, 0.25) is 5.91 Å². The zero-order chi connectivity index (χ0) is 14.6. The van der Waals surface area contributed by atoms with Gasteiger partial charge in [-0.05, 0) is 24.1 Å². The predicted molar refractivity (Wildman–Crippen MR) is 75.8 cm³/mol. The van der Waals surface area contributed by atoms with E-state index in [0.717, 1.165) is 0 Å². The highest BCUT2D eigenvalue weighted by molar-refractivity contribution is 6.34. The number of nitrogen functional groups attached to an aromatic ring is 1. The summed E-state index contributed by atoms with van der Waals surface area (Å²) in [7, 11) is 0. The highest BCUT2D eigenvalue weighted by Crippen LogP contribution is 2.21. The van der Waals surface area contributed by atoms with Crippen LogP contribution in [0, 0.1) is 5.92 Å². The largest absolute Gasteiger partial charge is 0.399 e. The molecule has 0 unspecified atom stereocenters. The van der Waals surface area contributed by atoms with Crippen molar-refractivity contribution in [3.05, 3.63) is 28.8 Å². The minimum atomic E-state index is -0.555. The van der Waals surface area contributed by atoms with Gasteiger partial charge in [-0.15, -0.1) is 0 Å². The number of hydrogen-bond donors (Lipinski definition) is 2. The van der Waals surface area contributed by atoms with Gasteiger partial charge >= 0.3 is 0 Å². The molecule has 6 heteroatoms. The van der Waals surface area contributed by atoms with E-state index in [4.69, 9.17) is 23.1 Å². The van der Waals surface area contributed by atoms with Gasteiger partial charge < -0.3 is 16.4 Å². The fourth-order valence-corrected chi connectivity index (χ4v) is 1.99. The van der Waals surface area contributed by atoms with Crippen LogP contribution in [0.3, 0.4) is 0 Å². The Labute approximate surface area is 117 Å². The summed E-state index contributed by atoms with van der Waals surface area (Å²) in [5.41, 5.74) is 11.5. The molecule has 1 rings (SSSR count). The maximum Gasteiger partial charge on any atom is 0.255 e. The second kappa shape index (κ2) is 6.43. The van der Waals surface area contributed by atoms with Crippen molar-refractivity contribution in [2.24, 2.45) is 11.7 Å².